The summed E-state index contributed by atoms with van der Waals surface area (Å²) in [5, 5.41) is 5.78. The molecule has 204 valence electrons. The molecule has 1 aromatic heterocycles. The Kier molecular flexibility index (Phi) is 7.38. The molecule has 0 radical (unpaired) electrons. The number of rotatable bonds is 4. The summed E-state index contributed by atoms with van der Waals surface area (Å²) in [7, 11) is 0. The molecule has 1 fully saturated rings. The zero-order chi connectivity index (χ0) is 27.2. The number of nitrogens with one attached hydrogen (secondary N) is 1. The van der Waals surface area contributed by atoms with Crippen LogP contribution in [0.3, 0.4) is 0 Å². The van der Waals surface area contributed by atoms with Crippen LogP contribution >= 0.6 is 34.5 Å². The van der Waals surface area contributed by atoms with Gasteiger partial charge in [0.1, 0.15) is 11.5 Å². The summed E-state index contributed by atoms with van der Waals surface area (Å²) in [4.78, 5) is 29.6. The maximum atomic E-state index is 14.4. The first kappa shape index (κ1) is 27.2. The van der Waals surface area contributed by atoms with E-state index in [0.29, 0.717) is 48.5 Å². The number of ketones is 1. The lowest BCUT2D eigenvalue weighted by Gasteiger charge is -2.29. The van der Waals surface area contributed by atoms with Gasteiger partial charge in [0.25, 0.3) is 5.60 Å². The zero-order valence-corrected chi connectivity index (χ0v) is 22.2. The van der Waals surface area contributed by atoms with Gasteiger partial charge in [-0.3, -0.25) is 4.79 Å². The molecule has 6 nitrogen and oxygen atoms in total. The number of carbonyl (C=O) groups is 2. The van der Waals surface area contributed by atoms with Gasteiger partial charge in [-0.2, -0.15) is 13.2 Å². The summed E-state index contributed by atoms with van der Waals surface area (Å²) in [6, 6.07) is 1.51. The zero-order valence-electron chi connectivity index (χ0n) is 19.9. The van der Waals surface area contributed by atoms with Crippen molar-refractivity contribution in [3.05, 3.63) is 49.6 Å². The quantitative estimate of drug-likeness (QED) is 0.299. The topological polar surface area (TPSA) is 77.0 Å². The predicted octanol–water partition coefficient (Wildman–Crippen LogP) is 7.26. The molecule has 38 heavy (non-hydrogen) atoms. The summed E-state index contributed by atoms with van der Waals surface area (Å²) >= 11 is 12.6. The van der Waals surface area contributed by atoms with E-state index in [1.54, 1.807) is 0 Å². The Balaban J connectivity index is 1.42. The van der Waals surface area contributed by atoms with Crippen LogP contribution in [-0.2, 0) is 28.1 Å². The van der Waals surface area contributed by atoms with E-state index in [1.165, 1.54) is 0 Å². The molecule has 2 aliphatic carbocycles. The minimum absolute atomic E-state index is 0.0445. The monoisotopic (exact) mass is 592 g/mol. The number of ether oxygens (including phenoxy) is 1. The average Bonchev–Trinajstić information content (AvgIpc) is 3.47. The van der Waals surface area contributed by atoms with E-state index in [0.717, 1.165) is 47.4 Å². The molecule has 1 atom stereocenters. The van der Waals surface area contributed by atoms with Crippen LogP contribution in [0.2, 0.25) is 10.0 Å². The molecule has 3 aliphatic rings. The lowest BCUT2D eigenvalue weighted by molar-refractivity contribution is -0.275. The molecule has 2 aromatic rings. The molecule has 0 spiro atoms. The van der Waals surface area contributed by atoms with E-state index in [1.807, 2.05) is 0 Å². The van der Waals surface area contributed by atoms with Gasteiger partial charge in [0.05, 0.1) is 21.3 Å². The van der Waals surface area contributed by atoms with Gasteiger partial charge in [0.2, 0.25) is 0 Å². The summed E-state index contributed by atoms with van der Waals surface area (Å²) in [5.41, 5.74) is -1.78. The summed E-state index contributed by atoms with van der Waals surface area (Å²) in [6.45, 7) is 0. The van der Waals surface area contributed by atoms with E-state index in [4.69, 9.17) is 32.8 Å². The number of halogens is 6. The Bertz CT molecular complexity index is 1300. The highest BCUT2D eigenvalue weighted by atomic mass is 35.5. The van der Waals surface area contributed by atoms with Crippen molar-refractivity contribution in [2.45, 2.75) is 75.6 Å². The Hall–Kier alpha value is -2.37. The molecule has 1 saturated carbocycles. The molecule has 1 unspecified atom stereocenters. The van der Waals surface area contributed by atoms with Crippen LogP contribution in [0.4, 0.5) is 22.4 Å². The van der Waals surface area contributed by atoms with Gasteiger partial charge in [-0.1, -0.05) is 39.7 Å². The van der Waals surface area contributed by atoms with Gasteiger partial charge in [0, 0.05) is 30.0 Å². The minimum Gasteiger partial charge on any atom is -0.399 e. The van der Waals surface area contributed by atoms with E-state index in [9.17, 15) is 27.2 Å². The van der Waals surface area contributed by atoms with E-state index < -0.39 is 45.7 Å². The normalized spacial score (nSPS) is 22.1. The smallest absolute Gasteiger partial charge is 0.399 e. The molecule has 13 heteroatoms. The molecular weight excluding hydrogens is 571 g/mol. The van der Waals surface area contributed by atoms with Gasteiger partial charge in [-0.15, -0.1) is 0 Å². The summed E-state index contributed by atoms with van der Waals surface area (Å²) in [5.74, 6) is -0.867. The van der Waals surface area contributed by atoms with E-state index in [-0.39, 0.29) is 17.5 Å². The van der Waals surface area contributed by atoms with Crippen LogP contribution in [0, 0.1) is 5.82 Å². The van der Waals surface area contributed by atoms with Crippen LogP contribution in [-0.4, -0.2) is 29.8 Å². The number of nitrogens with zero attached hydrogens (tertiary/aromatic N) is 1. The second-order valence-electron chi connectivity index (χ2n) is 9.61. The van der Waals surface area contributed by atoms with Crippen molar-refractivity contribution in [1.29, 1.82) is 0 Å². The van der Waals surface area contributed by atoms with Crippen molar-refractivity contribution in [3.8, 4) is 5.06 Å². The van der Waals surface area contributed by atoms with Crippen LogP contribution < -0.4 is 10.1 Å². The maximum Gasteiger partial charge on any atom is 0.435 e. The van der Waals surface area contributed by atoms with Gasteiger partial charge in [0.15, 0.2) is 10.9 Å². The maximum absolute atomic E-state index is 14.4. The van der Waals surface area contributed by atoms with Crippen molar-refractivity contribution in [2.75, 3.05) is 0 Å². The largest absolute Gasteiger partial charge is 0.435 e. The van der Waals surface area contributed by atoms with Crippen LogP contribution in [0.25, 0.3) is 0 Å². The van der Waals surface area contributed by atoms with E-state index >= 15 is 0 Å². The second-order valence-corrected chi connectivity index (χ2v) is 11.4. The molecule has 5 rings (SSSR count). The average molecular weight is 593 g/mol. The molecule has 1 aromatic carbocycles. The Morgan fingerprint density at radius 2 is 1.74 bits per heavy atom. The Morgan fingerprint density at radius 3 is 2.37 bits per heavy atom. The SMILES string of the molecule is O=C1CCC(NC(=O)Oc2sc(C3=NOC(c4cc(Cl)c(F)c(Cl)c4)(C(F)(F)F)C3)c3c2CCCC3)CC1. The Morgan fingerprint density at radius 1 is 1.11 bits per heavy atom. The highest BCUT2D eigenvalue weighted by molar-refractivity contribution is 7.16. The molecule has 1 N–H and O–H groups in total. The number of hydrogen-bond acceptors (Lipinski definition) is 6. The molecule has 2 heterocycles. The molecule has 0 bridgehead atoms. The van der Waals surface area contributed by atoms with Crippen LogP contribution in [0.15, 0.2) is 17.3 Å². The molecular formula is C25H22Cl2F4N2O4S. The molecule has 1 amide bonds. The summed E-state index contributed by atoms with van der Waals surface area (Å²) < 4.78 is 62.9. The molecule has 1 aliphatic heterocycles. The number of thiophene rings is 1. The number of alkyl halides is 3. The second kappa shape index (κ2) is 10.3. The first-order valence-corrected chi connectivity index (χ1v) is 13.7. The van der Waals surface area contributed by atoms with Crippen molar-refractivity contribution in [1.82, 2.24) is 5.32 Å². The number of amides is 1. The third-order valence-corrected chi connectivity index (χ3v) is 8.88. The fourth-order valence-corrected chi connectivity index (χ4v) is 6.81. The Labute approximate surface area is 229 Å². The van der Waals surface area contributed by atoms with E-state index in [2.05, 4.69) is 10.5 Å². The first-order chi connectivity index (χ1) is 18.0. The van der Waals surface area contributed by atoms with Crippen molar-refractivity contribution >= 4 is 52.1 Å². The third kappa shape index (κ3) is 5.00. The highest BCUT2D eigenvalue weighted by Crippen LogP contribution is 2.52. The summed E-state index contributed by atoms with van der Waals surface area (Å²) in [6.07, 6.45) is -1.58. The third-order valence-electron chi connectivity index (χ3n) is 7.13. The number of fused-ring (bicyclic) bond motifs is 1. The van der Waals surface area contributed by atoms with Gasteiger partial charge in [-0.05, 0) is 56.2 Å². The minimum atomic E-state index is -4.93. The number of carbonyl (C=O) groups excluding carboxylic acids is 2. The highest BCUT2D eigenvalue weighted by Gasteiger charge is 2.63. The fourth-order valence-electron chi connectivity index (χ4n) is 5.09. The van der Waals surface area contributed by atoms with Gasteiger partial charge in [-0.25, -0.2) is 9.18 Å². The van der Waals surface area contributed by atoms with Crippen LogP contribution in [0.5, 0.6) is 5.06 Å². The molecule has 0 saturated heterocycles. The first-order valence-electron chi connectivity index (χ1n) is 12.1. The van der Waals surface area contributed by atoms with Crippen molar-refractivity contribution < 1.29 is 36.7 Å². The standard InChI is InChI=1S/C25H22Cl2F4N2O4S/c26-17-9-12(10-18(27)20(17)28)24(25(29,30)31)11-19(33-37-24)21-15-3-1-2-4-16(15)22(38-21)36-23(35)32-13-5-7-14(34)8-6-13/h9-10,13H,1-8,11H2,(H,32,35). The number of Topliss-reactive ketones (excluding diaryl/α,β-unsaturated/α-hetero) is 1. The number of oxime groups is 1. The fraction of sp³-hybridized carbons (Fsp3) is 0.480. The van der Waals surface area contributed by atoms with Crippen LogP contribution in [0.1, 0.15) is 66.5 Å². The van der Waals surface area contributed by atoms with Crippen molar-refractivity contribution in [2.24, 2.45) is 5.16 Å². The van der Waals surface area contributed by atoms with Crippen molar-refractivity contribution in [3.63, 3.8) is 0 Å². The lowest BCUT2D eigenvalue weighted by Crippen LogP contribution is -2.42. The lowest BCUT2D eigenvalue weighted by atomic mass is 9.86. The number of hydrogen-bond donors (Lipinski definition) is 1. The van der Waals surface area contributed by atoms with Gasteiger partial charge >= 0.3 is 12.3 Å². The van der Waals surface area contributed by atoms with Gasteiger partial charge < -0.3 is 14.9 Å². The number of benzene rings is 1. The predicted molar refractivity (Wildman–Crippen MR) is 134 cm³/mol.